The van der Waals surface area contributed by atoms with Crippen LogP contribution in [-0.4, -0.2) is 16.5 Å². The number of alkyl halides is 6. The maximum atomic E-state index is 12.3. The first-order chi connectivity index (χ1) is 7.52. The molecule has 0 aliphatic carbocycles. The van der Waals surface area contributed by atoms with Gasteiger partial charge in [-0.05, 0) is 22.6 Å². The van der Waals surface area contributed by atoms with E-state index < -0.39 is 33.3 Å². The topological polar surface area (TPSA) is 42.4 Å². The molecular weight excluding hydrogens is 371 g/mol. The van der Waals surface area contributed by atoms with E-state index >= 15 is 0 Å². The van der Waals surface area contributed by atoms with Crippen LogP contribution in [0.3, 0.4) is 0 Å². The molecule has 17 heavy (non-hydrogen) atoms. The molecule has 0 unspecified atom stereocenters. The Morgan fingerprint density at radius 3 is 2.12 bits per heavy atom. The van der Waals surface area contributed by atoms with E-state index in [-0.39, 0.29) is 0 Å². The van der Waals surface area contributed by atoms with Gasteiger partial charge in [-0.1, -0.05) is 0 Å². The van der Waals surface area contributed by atoms with E-state index in [0.717, 1.165) is 22.6 Å². The summed E-state index contributed by atoms with van der Waals surface area (Å²) in [6.45, 7) is 0. The third-order valence-corrected chi connectivity index (χ3v) is 2.48. The Morgan fingerprint density at radius 1 is 1.18 bits per heavy atom. The maximum Gasteiger partial charge on any atom is 0.573 e. The third-order valence-electron chi connectivity index (χ3n) is 1.44. The minimum Gasteiger partial charge on any atom is -0.505 e. The van der Waals surface area contributed by atoms with E-state index in [4.69, 9.17) is 5.11 Å². The molecule has 96 valence electrons. The van der Waals surface area contributed by atoms with E-state index in [1.165, 1.54) is 0 Å². The molecule has 0 saturated heterocycles. The van der Waals surface area contributed by atoms with Gasteiger partial charge in [-0.3, -0.25) is 0 Å². The standard InChI is InChI=1S/C7H2F6INO2/c8-6(9,10)5-4(17-7(11,12)13)3(14)2(16)1-15-5/h1,16H. The lowest BCUT2D eigenvalue weighted by atomic mass is 10.3. The molecule has 0 amide bonds. The van der Waals surface area contributed by atoms with E-state index in [0.29, 0.717) is 6.20 Å². The largest absolute Gasteiger partial charge is 0.573 e. The monoisotopic (exact) mass is 373 g/mol. The highest BCUT2D eigenvalue weighted by molar-refractivity contribution is 14.1. The van der Waals surface area contributed by atoms with Crippen LogP contribution in [0.2, 0.25) is 0 Å². The Morgan fingerprint density at radius 2 is 1.71 bits per heavy atom. The average Bonchev–Trinajstić information content (AvgIpc) is 2.08. The van der Waals surface area contributed by atoms with Gasteiger partial charge in [-0.25, -0.2) is 4.98 Å². The average molecular weight is 373 g/mol. The summed E-state index contributed by atoms with van der Waals surface area (Å²) < 4.78 is 75.3. The molecule has 3 nitrogen and oxygen atoms in total. The first-order valence-corrected chi connectivity index (χ1v) is 4.80. The fourth-order valence-corrected chi connectivity index (χ4v) is 1.38. The van der Waals surface area contributed by atoms with Crippen molar-refractivity contribution in [3.05, 3.63) is 15.5 Å². The van der Waals surface area contributed by atoms with E-state index in [2.05, 4.69) is 9.72 Å². The van der Waals surface area contributed by atoms with Crippen molar-refractivity contribution >= 4 is 22.6 Å². The van der Waals surface area contributed by atoms with Crippen molar-refractivity contribution in [3.63, 3.8) is 0 Å². The molecule has 1 N–H and O–H groups in total. The van der Waals surface area contributed by atoms with Crippen LogP contribution in [0, 0.1) is 3.57 Å². The van der Waals surface area contributed by atoms with Crippen LogP contribution in [-0.2, 0) is 6.18 Å². The van der Waals surface area contributed by atoms with Crippen LogP contribution in [0.5, 0.6) is 11.5 Å². The minimum absolute atomic E-state index is 0.397. The molecule has 0 bridgehead atoms. The number of aromatic hydroxyl groups is 1. The second kappa shape index (κ2) is 4.38. The van der Waals surface area contributed by atoms with Gasteiger partial charge in [0.1, 0.15) is 3.57 Å². The van der Waals surface area contributed by atoms with Crippen LogP contribution >= 0.6 is 22.6 Å². The molecule has 0 spiro atoms. The first-order valence-electron chi connectivity index (χ1n) is 3.73. The fraction of sp³-hybridized carbons (Fsp3) is 0.286. The number of hydrogen-bond donors (Lipinski definition) is 1. The number of hydrogen-bond acceptors (Lipinski definition) is 3. The molecule has 0 radical (unpaired) electrons. The molecule has 0 aliphatic heterocycles. The van der Waals surface area contributed by atoms with Crippen molar-refractivity contribution in [2.45, 2.75) is 12.5 Å². The van der Waals surface area contributed by atoms with Crippen LogP contribution in [0.25, 0.3) is 0 Å². The molecule has 0 aliphatic rings. The van der Waals surface area contributed by atoms with Gasteiger partial charge in [0.2, 0.25) is 0 Å². The number of ether oxygens (including phenoxy) is 1. The van der Waals surface area contributed by atoms with Gasteiger partial charge in [0, 0.05) is 0 Å². The van der Waals surface area contributed by atoms with Gasteiger partial charge in [0.25, 0.3) is 0 Å². The van der Waals surface area contributed by atoms with Crippen molar-refractivity contribution in [1.29, 1.82) is 0 Å². The molecule has 1 aromatic heterocycles. The lowest BCUT2D eigenvalue weighted by Gasteiger charge is -2.16. The summed E-state index contributed by atoms with van der Waals surface area (Å²) in [6, 6.07) is 0. The van der Waals surface area contributed by atoms with Gasteiger partial charge in [-0.15, -0.1) is 13.2 Å². The van der Waals surface area contributed by atoms with E-state index in [1.54, 1.807) is 0 Å². The Hall–Kier alpha value is -0.940. The third kappa shape index (κ3) is 3.51. The normalized spacial score (nSPS) is 12.6. The molecule has 0 fully saturated rings. The zero-order valence-electron chi connectivity index (χ0n) is 7.53. The van der Waals surface area contributed by atoms with Crippen LogP contribution in [0.4, 0.5) is 26.3 Å². The van der Waals surface area contributed by atoms with Crippen LogP contribution < -0.4 is 4.74 Å². The number of halogens is 7. The summed E-state index contributed by atoms with van der Waals surface area (Å²) in [4.78, 5) is 2.69. The van der Waals surface area contributed by atoms with Crippen molar-refractivity contribution in [3.8, 4) is 11.5 Å². The highest BCUT2D eigenvalue weighted by atomic mass is 127. The van der Waals surface area contributed by atoms with Gasteiger partial charge < -0.3 is 9.84 Å². The lowest BCUT2D eigenvalue weighted by molar-refractivity contribution is -0.276. The Balaban J connectivity index is 3.37. The molecule has 0 atom stereocenters. The van der Waals surface area contributed by atoms with Crippen molar-refractivity contribution in [1.82, 2.24) is 4.98 Å². The van der Waals surface area contributed by atoms with Crippen molar-refractivity contribution in [2.24, 2.45) is 0 Å². The zero-order valence-corrected chi connectivity index (χ0v) is 9.68. The van der Waals surface area contributed by atoms with Gasteiger partial charge >= 0.3 is 12.5 Å². The predicted molar refractivity (Wildman–Crippen MR) is 50.3 cm³/mol. The first kappa shape index (κ1) is 14.1. The second-order valence-corrected chi connectivity index (χ2v) is 3.76. The summed E-state index contributed by atoms with van der Waals surface area (Å²) in [5, 5.41) is 9.00. The van der Waals surface area contributed by atoms with Gasteiger partial charge in [-0.2, -0.15) is 13.2 Å². The Bertz CT molecular complexity index is 430. The lowest BCUT2D eigenvalue weighted by Crippen LogP contribution is -2.21. The Labute approximate surface area is 104 Å². The quantitative estimate of drug-likeness (QED) is 0.607. The van der Waals surface area contributed by atoms with Gasteiger partial charge in [0.05, 0.1) is 6.20 Å². The molecule has 1 aromatic rings. The second-order valence-electron chi connectivity index (χ2n) is 2.68. The number of rotatable bonds is 1. The van der Waals surface area contributed by atoms with Gasteiger partial charge in [0.15, 0.2) is 17.2 Å². The van der Waals surface area contributed by atoms with E-state index in [9.17, 15) is 26.3 Å². The Kier molecular flexibility index (Phi) is 3.64. The number of aromatic nitrogens is 1. The summed E-state index contributed by atoms with van der Waals surface area (Å²) >= 11 is 1.10. The smallest absolute Gasteiger partial charge is 0.505 e. The van der Waals surface area contributed by atoms with Crippen molar-refractivity contribution < 1.29 is 36.2 Å². The number of pyridine rings is 1. The molecule has 0 saturated carbocycles. The SMILES string of the molecule is Oc1cnc(C(F)(F)F)c(OC(F)(F)F)c1I. The highest BCUT2D eigenvalue weighted by Crippen LogP contribution is 2.42. The summed E-state index contributed by atoms with van der Waals surface area (Å²) in [7, 11) is 0. The fourth-order valence-electron chi connectivity index (χ4n) is 0.872. The van der Waals surface area contributed by atoms with E-state index in [1.807, 2.05) is 0 Å². The molecular formula is C7H2F6INO2. The molecule has 1 rings (SSSR count). The zero-order chi connectivity index (χ0) is 13.4. The number of nitrogens with zero attached hydrogens (tertiary/aromatic N) is 1. The van der Waals surface area contributed by atoms with Crippen LogP contribution in [0.1, 0.15) is 5.69 Å². The highest BCUT2D eigenvalue weighted by Gasteiger charge is 2.42. The van der Waals surface area contributed by atoms with Crippen molar-refractivity contribution in [2.75, 3.05) is 0 Å². The summed E-state index contributed by atoms with van der Waals surface area (Å²) in [5.74, 6) is -2.40. The maximum absolute atomic E-state index is 12.3. The minimum atomic E-state index is -5.31. The summed E-state index contributed by atoms with van der Waals surface area (Å²) in [6.07, 6.45) is -10.0. The predicted octanol–water partition coefficient (Wildman–Crippen LogP) is 3.31. The molecule has 0 aromatic carbocycles. The summed E-state index contributed by atoms with van der Waals surface area (Å²) in [5.41, 5.74) is -1.85. The van der Waals surface area contributed by atoms with Crippen LogP contribution in [0.15, 0.2) is 6.20 Å². The molecule has 10 heteroatoms. The molecule has 1 heterocycles.